The van der Waals surface area contributed by atoms with E-state index >= 15 is 0 Å². The fraction of sp³-hybridized carbons (Fsp3) is 0.807. The van der Waals surface area contributed by atoms with Crippen molar-refractivity contribution in [2.45, 2.75) is 205 Å². The fourth-order valence-corrected chi connectivity index (χ4v) is 12.0. The van der Waals surface area contributed by atoms with Gasteiger partial charge in [-0.05, 0) is 116 Å². The molecule has 0 aromatic heterocycles. The van der Waals surface area contributed by atoms with Crippen LogP contribution in [0.5, 0.6) is 0 Å². The van der Waals surface area contributed by atoms with Crippen LogP contribution in [0.15, 0.2) is 0 Å². The van der Waals surface area contributed by atoms with Gasteiger partial charge >= 0.3 is 0 Å². The minimum Gasteiger partial charge on any atom is -0.747 e. The molecular formula is C57H103N16O28S5-5. The summed E-state index contributed by atoms with van der Waals surface area (Å²) in [4.78, 5) is 156. The van der Waals surface area contributed by atoms with Crippen LogP contribution >= 0.6 is 0 Å². The number of hydrogen-bond donors (Lipinski definition) is 18. The second-order valence-electron chi connectivity index (χ2n) is 26.2. The van der Waals surface area contributed by atoms with Gasteiger partial charge in [-0.15, -0.1) is 0 Å². The van der Waals surface area contributed by atoms with E-state index in [1.807, 2.05) is 13.8 Å². The standard InChI is InChI=1S/C57H108N16O28S5/c1-9-34(6)11-10-12-45(76)65-39(13-19-58-27-102(87,88)89)52(81)73-47(36(8)75)57(86)69-41(15-21-60-29-104(93,94)95)51(80)66-38-18-24-63-56(85)46(35(7)74)72-53(82)42(16-22-61-30-105(96,97)98)67-50(79)40(14-20-59-28-103(90,91)92)68-54(83)43(25-32(2)3)71-55(84)44(26-33(4)5)70-49(78)37(17-23-62-48(38)77)64-31-106(99,100)101/h32-44,46-47,58-61,64,74-75H,9-31H2,1-8H3,(H,62,77)(H,63,85)(H,65,76)(H,66,80)(H,67,79)(H,68,83)(H,69,86)(H,70,78)(H,71,84)(H,72,82)(H,73,81)(H,87,88,89)(H,90,91,92)(H,93,94,95)(H,96,97,98)(H,99,100,101)/p-5. The van der Waals surface area contributed by atoms with Crippen LogP contribution in [0.1, 0.15) is 132 Å². The van der Waals surface area contributed by atoms with Crippen molar-refractivity contribution < 1.29 is 128 Å². The Morgan fingerprint density at radius 3 is 1.28 bits per heavy atom. The molecule has 106 heavy (non-hydrogen) atoms. The van der Waals surface area contributed by atoms with Crippen molar-refractivity contribution in [2.24, 2.45) is 17.8 Å². The Morgan fingerprint density at radius 2 is 0.858 bits per heavy atom. The molecule has 13 atom stereocenters. The van der Waals surface area contributed by atoms with E-state index in [2.05, 4.69) is 85.1 Å². The van der Waals surface area contributed by atoms with Crippen molar-refractivity contribution in [3.8, 4) is 0 Å². The summed E-state index contributed by atoms with van der Waals surface area (Å²) in [7, 11) is -24.9. The third-order valence-corrected chi connectivity index (χ3v) is 18.4. The number of amides is 11. The van der Waals surface area contributed by atoms with E-state index in [0.29, 0.717) is 12.8 Å². The van der Waals surface area contributed by atoms with Gasteiger partial charge in [0, 0.05) is 19.5 Å². The number of aliphatic hydroxyl groups is 2. The van der Waals surface area contributed by atoms with Gasteiger partial charge in [0.25, 0.3) is 0 Å². The highest BCUT2D eigenvalue weighted by Gasteiger charge is 2.38. The maximum Gasteiger partial charge on any atom is 0.245 e. The molecule has 0 aliphatic carbocycles. The third kappa shape index (κ3) is 44.0. The summed E-state index contributed by atoms with van der Waals surface area (Å²) >= 11 is 0. The van der Waals surface area contributed by atoms with Crippen molar-refractivity contribution in [2.75, 3.05) is 68.7 Å². The Morgan fingerprint density at radius 1 is 0.462 bits per heavy atom. The summed E-state index contributed by atoms with van der Waals surface area (Å²) in [6.45, 7) is 8.72. The van der Waals surface area contributed by atoms with Crippen LogP contribution in [-0.2, 0) is 103 Å². The van der Waals surface area contributed by atoms with Crippen molar-refractivity contribution in [1.82, 2.24) is 85.1 Å². The van der Waals surface area contributed by atoms with E-state index in [1.165, 1.54) is 0 Å². The highest BCUT2D eigenvalue weighted by atomic mass is 32.2. The Kier molecular flexibility index (Phi) is 43.6. The summed E-state index contributed by atoms with van der Waals surface area (Å²) in [6.07, 6.45) is -6.29. The average molecular weight is 1620 g/mol. The molecule has 0 radical (unpaired) electrons. The fourth-order valence-electron chi connectivity index (χ4n) is 9.99. The van der Waals surface area contributed by atoms with E-state index in [-0.39, 0.29) is 31.7 Å². The minimum atomic E-state index is -5.21. The maximum atomic E-state index is 14.6. The summed E-state index contributed by atoms with van der Waals surface area (Å²) in [5.74, 6) is -19.9. The third-order valence-electron chi connectivity index (χ3n) is 15.6. The zero-order valence-corrected chi connectivity index (χ0v) is 64.1. The number of carbonyl (C=O) groups is 11. The van der Waals surface area contributed by atoms with Gasteiger partial charge < -0.3 is 113 Å². The number of carbonyl (C=O) groups excluding carboxylic acids is 11. The van der Waals surface area contributed by atoms with E-state index < -0.39 is 301 Å². The van der Waals surface area contributed by atoms with Crippen molar-refractivity contribution in [3.63, 3.8) is 0 Å². The van der Waals surface area contributed by atoms with Gasteiger partial charge in [0.15, 0.2) is 0 Å². The average Bonchev–Trinajstić information content (AvgIpc) is 0.896. The van der Waals surface area contributed by atoms with Crippen molar-refractivity contribution >= 4 is 116 Å². The van der Waals surface area contributed by atoms with Gasteiger partial charge in [-0.2, -0.15) is 0 Å². The summed E-state index contributed by atoms with van der Waals surface area (Å²) in [5, 5.41) is 58.8. The Labute approximate surface area is 616 Å². The highest BCUT2D eigenvalue weighted by Crippen LogP contribution is 2.14. The molecular weight excluding hydrogens is 1520 g/mol. The highest BCUT2D eigenvalue weighted by molar-refractivity contribution is 7.86. The van der Waals surface area contributed by atoms with E-state index in [1.54, 1.807) is 27.7 Å². The lowest BCUT2D eigenvalue weighted by atomic mass is 9.99. The molecule has 44 nitrogen and oxygen atoms in total. The van der Waals surface area contributed by atoms with Gasteiger partial charge in [0.05, 0.1) is 47.6 Å². The molecule has 11 amide bonds. The SMILES string of the molecule is CCC(C)CCCC(=O)NC(CCNCS(=O)(=O)[O-])C(=O)NC(C(=O)NC(CCNCS(=O)(=O)[O-])C(=O)NC1CCNC(=O)C(C(C)O)NC(=O)C(CCNCS(=O)(=O)[O-])NC(=O)C(CCNCS(=O)(=O)[O-])NC(=O)C(CC(C)C)NC(=O)C(CC(C)C)NC(=O)C(NCS(=O)(=O)[O-])CCNC1=O)C(C)O. The van der Waals surface area contributed by atoms with Gasteiger partial charge in [0.2, 0.25) is 65.0 Å². The second-order valence-corrected chi connectivity index (χ2v) is 33.2. The quantitative estimate of drug-likeness (QED) is 0.0200. The van der Waals surface area contributed by atoms with Crippen molar-refractivity contribution in [3.05, 3.63) is 0 Å². The summed E-state index contributed by atoms with van der Waals surface area (Å²) in [5.41, 5.74) is 0. The molecule has 1 aliphatic rings. The molecule has 1 fully saturated rings. The Hall–Kier alpha value is -6.56. The van der Waals surface area contributed by atoms with Gasteiger partial charge in [-0.1, -0.05) is 54.4 Å². The van der Waals surface area contributed by atoms with Crippen LogP contribution in [-0.4, -0.2) is 281 Å². The monoisotopic (exact) mass is 1620 g/mol. The summed E-state index contributed by atoms with van der Waals surface area (Å²) in [6, 6.07) is -18.4. The molecule has 1 saturated heterocycles. The Bertz CT molecular complexity index is 3500. The molecule has 0 aromatic rings. The predicted octanol–water partition coefficient (Wildman–Crippen LogP) is -10.2. The first-order chi connectivity index (χ1) is 48.9. The molecule has 13 unspecified atom stereocenters. The molecule has 0 aromatic carbocycles. The lowest BCUT2D eigenvalue weighted by molar-refractivity contribution is -0.136. The van der Waals surface area contributed by atoms with Crippen LogP contribution in [0.2, 0.25) is 0 Å². The molecule has 0 spiro atoms. The number of rotatable bonds is 41. The van der Waals surface area contributed by atoms with Gasteiger partial charge in [-0.3, -0.25) is 58.1 Å². The van der Waals surface area contributed by atoms with Gasteiger partial charge in [-0.25, -0.2) is 42.1 Å². The van der Waals surface area contributed by atoms with Crippen molar-refractivity contribution in [1.29, 1.82) is 0 Å². The summed E-state index contributed by atoms with van der Waals surface area (Å²) < 4.78 is 174. The van der Waals surface area contributed by atoms with E-state index in [4.69, 9.17) is 0 Å². The first-order valence-corrected chi connectivity index (χ1v) is 41.7. The number of hydrogen-bond acceptors (Lipinski definition) is 33. The Balaban J connectivity index is 4.24. The van der Waals surface area contributed by atoms with Crippen LogP contribution in [0.3, 0.4) is 0 Å². The minimum absolute atomic E-state index is 0.101. The number of aliphatic hydroxyl groups excluding tert-OH is 2. The lowest BCUT2D eigenvalue weighted by Crippen LogP contribution is -2.61. The first-order valence-electron chi connectivity index (χ1n) is 33.8. The topological polar surface area (TPSA) is 707 Å². The van der Waals surface area contributed by atoms with Crippen LogP contribution in [0.25, 0.3) is 0 Å². The lowest BCUT2D eigenvalue weighted by Gasteiger charge is -2.29. The van der Waals surface area contributed by atoms with E-state index in [9.17, 15) is 128 Å². The zero-order chi connectivity index (χ0) is 81.1. The molecule has 49 heteroatoms. The maximum absolute atomic E-state index is 14.6. The number of nitrogens with one attached hydrogen (secondary N) is 16. The molecule has 1 rings (SSSR count). The van der Waals surface area contributed by atoms with Crippen LogP contribution < -0.4 is 85.1 Å². The predicted molar refractivity (Wildman–Crippen MR) is 368 cm³/mol. The van der Waals surface area contributed by atoms with Crippen LogP contribution in [0, 0.1) is 17.8 Å². The largest absolute Gasteiger partial charge is 0.747 e. The molecule has 1 aliphatic heterocycles. The molecule has 18 N–H and O–H groups in total. The molecule has 614 valence electrons. The van der Waals surface area contributed by atoms with E-state index in [0.717, 1.165) is 20.3 Å². The molecule has 1 heterocycles. The van der Waals surface area contributed by atoms with Crippen LogP contribution in [0.4, 0.5) is 0 Å². The smallest absolute Gasteiger partial charge is 0.245 e. The molecule has 0 bridgehead atoms. The first kappa shape index (κ1) is 97.5. The zero-order valence-electron chi connectivity index (χ0n) is 60.0. The normalized spacial score (nSPS) is 21.8. The van der Waals surface area contributed by atoms with Gasteiger partial charge in [0.1, 0.15) is 105 Å². The second kappa shape index (κ2) is 47.4. The molecule has 0 saturated carbocycles.